The highest BCUT2D eigenvalue weighted by atomic mass is 15.1. The summed E-state index contributed by atoms with van der Waals surface area (Å²) in [6.45, 7) is 0. The second-order valence-corrected chi connectivity index (χ2v) is 4.92. The summed E-state index contributed by atoms with van der Waals surface area (Å²) in [5.41, 5.74) is 2.80. The maximum atomic E-state index is 2.29. The highest BCUT2D eigenvalue weighted by molar-refractivity contribution is 5.46. The van der Waals surface area contributed by atoms with E-state index in [1.165, 1.54) is 43.4 Å². The molecule has 1 aliphatic carbocycles. The lowest BCUT2D eigenvalue weighted by Gasteiger charge is -2.14. The largest absolute Gasteiger partial charge is 0.378 e. The monoisotopic (exact) mass is 203 g/mol. The third kappa shape index (κ3) is 2.74. The van der Waals surface area contributed by atoms with Gasteiger partial charge in [-0.1, -0.05) is 37.8 Å². The number of anilines is 1. The number of nitrogens with zero attached hydrogens (tertiary/aromatic N) is 1. The van der Waals surface area contributed by atoms with Crippen molar-refractivity contribution >= 4 is 5.69 Å². The Morgan fingerprint density at radius 1 is 1.07 bits per heavy atom. The van der Waals surface area contributed by atoms with Crippen LogP contribution < -0.4 is 4.90 Å². The Bertz CT molecular complexity index is 294. The Balaban J connectivity index is 1.97. The minimum Gasteiger partial charge on any atom is -0.378 e. The van der Waals surface area contributed by atoms with Gasteiger partial charge in [0.05, 0.1) is 0 Å². The molecule has 15 heavy (non-hydrogen) atoms. The summed E-state index contributed by atoms with van der Waals surface area (Å²) in [7, 11) is 4.18. The molecule has 1 heteroatoms. The van der Waals surface area contributed by atoms with Crippen LogP contribution in [0.1, 0.15) is 31.2 Å². The van der Waals surface area contributed by atoms with Gasteiger partial charge in [0.1, 0.15) is 0 Å². The number of benzene rings is 1. The van der Waals surface area contributed by atoms with Crippen LogP contribution in [0.15, 0.2) is 24.3 Å². The molecule has 0 aromatic heterocycles. The number of hydrogen-bond donors (Lipinski definition) is 0. The summed E-state index contributed by atoms with van der Waals surface area (Å²) < 4.78 is 0. The van der Waals surface area contributed by atoms with E-state index in [1.807, 2.05) is 0 Å². The summed E-state index contributed by atoms with van der Waals surface area (Å²) in [6.07, 6.45) is 7.06. The van der Waals surface area contributed by atoms with Crippen LogP contribution in [0, 0.1) is 5.92 Å². The molecule has 1 fully saturated rings. The fourth-order valence-corrected chi connectivity index (χ4v) is 2.48. The lowest BCUT2D eigenvalue weighted by atomic mass is 9.98. The van der Waals surface area contributed by atoms with E-state index in [9.17, 15) is 0 Å². The summed E-state index contributed by atoms with van der Waals surface area (Å²) in [4.78, 5) is 2.15. The highest BCUT2D eigenvalue weighted by Gasteiger charge is 2.15. The van der Waals surface area contributed by atoms with Crippen molar-refractivity contribution < 1.29 is 0 Å². The zero-order valence-corrected chi connectivity index (χ0v) is 9.87. The molecule has 0 N–H and O–H groups in total. The maximum Gasteiger partial charge on any atom is 0.0361 e. The van der Waals surface area contributed by atoms with E-state index in [4.69, 9.17) is 0 Å². The molecule has 0 bridgehead atoms. The molecule has 0 heterocycles. The predicted molar refractivity (Wildman–Crippen MR) is 66.4 cm³/mol. The van der Waals surface area contributed by atoms with Gasteiger partial charge in [-0.25, -0.2) is 0 Å². The lowest BCUT2D eigenvalue weighted by molar-refractivity contribution is 0.546. The molecule has 0 radical (unpaired) electrons. The van der Waals surface area contributed by atoms with Gasteiger partial charge in [0, 0.05) is 19.8 Å². The molecule has 1 aliphatic rings. The normalized spacial score (nSPS) is 16.9. The average Bonchev–Trinajstić information content (AvgIpc) is 2.71. The van der Waals surface area contributed by atoms with Gasteiger partial charge in [0.15, 0.2) is 0 Å². The van der Waals surface area contributed by atoms with Crippen molar-refractivity contribution in [1.82, 2.24) is 0 Å². The second kappa shape index (κ2) is 4.69. The van der Waals surface area contributed by atoms with Gasteiger partial charge < -0.3 is 4.90 Å². The SMILES string of the molecule is CN(C)c1ccc(CC2CCCC2)cc1. The third-order valence-electron chi connectivity index (χ3n) is 3.45. The van der Waals surface area contributed by atoms with Gasteiger partial charge in [0.2, 0.25) is 0 Å². The van der Waals surface area contributed by atoms with E-state index in [-0.39, 0.29) is 0 Å². The predicted octanol–water partition coefficient (Wildman–Crippen LogP) is 3.49. The minimum atomic E-state index is 0.954. The zero-order chi connectivity index (χ0) is 10.7. The van der Waals surface area contributed by atoms with Crippen molar-refractivity contribution in [3.63, 3.8) is 0 Å². The van der Waals surface area contributed by atoms with Crippen molar-refractivity contribution in [2.24, 2.45) is 5.92 Å². The second-order valence-electron chi connectivity index (χ2n) is 4.92. The standard InChI is InChI=1S/C14H21N/c1-15(2)14-9-7-13(8-10-14)11-12-5-3-4-6-12/h7-10,12H,3-6,11H2,1-2H3. The van der Waals surface area contributed by atoms with Crippen LogP contribution in [0.2, 0.25) is 0 Å². The lowest BCUT2D eigenvalue weighted by Crippen LogP contribution is -2.08. The van der Waals surface area contributed by atoms with E-state index in [1.54, 1.807) is 0 Å². The van der Waals surface area contributed by atoms with Crippen LogP contribution in [0.3, 0.4) is 0 Å². The molecule has 0 amide bonds. The van der Waals surface area contributed by atoms with E-state index in [2.05, 4.69) is 43.3 Å². The van der Waals surface area contributed by atoms with Crippen LogP contribution >= 0.6 is 0 Å². The van der Waals surface area contributed by atoms with Gasteiger partial charge in [-0.15, -0.1) is 0 Å². The highest BCUT2D eigenvalue weighted by Crippen LogP contribution is 2.28. The zero-order valence-electron chi connectivity index (χ0n) is 9.87. The molecular formula is C14H21N. The fraction of sp³-hybridized carbons (Fsp3) is 0.571. The van der Waals surface area contributed by atoms with E-state index in [0.717, 1.165) is 5.92 Å². The van der Waals surface area contributed by atoms with Crippen LogP contribution in [0.4, 0.5) is 5.69 Å². The Labute approximate surface area is 93.1 Å². The Morgan fingerprint density at radius 2 is 1.67 bits per heavy atom. The summed E-state index contributed by atoms with van der Waals surface area (Å²) >= 11 is 0. The van der Waals surface area contributed by atoms with Crippen LogP contribution in [-0.2, 0) is 6.42 Å². The van der Waals surface area contributed by atoms with E-state index < -0.39 is 0 Å². The first-order valence-corrected chi connectivity index (χ1v) is 6.02. The molecule has 1 aromatic carbocycles. The quantitative estimate of drug-likeness (QED) is 0.727. The fourth-order valence-electron chi connectivity index (χ4n) is 2.48. The molecule has 0 atom stereocenters. The Morgan fingerprint density at radius 3 is 2.20 bits per heavy atom. The summed E-state index contributed by atoms with van der Waals surface area (Å²) in [6, 6.07) is 9.02. The van der Waals surface area contributed by atoms with Gasteiger partial charge in [-0.05, 0) is 30.0 Å². The Kier molecular flexibility index (Phi) is 3.30. The van der Waals surface area contributed by atoms with E-state index in [0.29, 0.717) is 0 Å². The maximum absolute atomic E-state index is 2.29. The smallest absolute Gasteiger partial charge is 0.0361 e. The molecular weight excluding hydrogens is 182 g/mol. The molecule has 1 saturated carbocycles. The van der Waals surface area contributed by atoms with Gasteiger partial charge in [0.25, 0.3) is 0 Å². The molecule has 1 aromatic rings. The summed E-state index contributed by atoms with van der Waals surface area (Å²) in [5, 5.41) is 0. The van der Waals surface area contributed by atoms with E-state index >= 15 is 0 Å². The molecule has 0 unspecified atom stereocenters. The number of rotatable bonds is 3. The average molecular weight is 203 g/mol. The third-order valence-corrected chi connectivity index (χ3v) is 3.45. The van der Waals surface area contributed by atoms with Crippen LogP contribution in [0.5, 0.6) is 0 Å². The van der Waals surface area contributed by atoms with Gasteiger partial charge >= 0.3 is 0 Å². The van der Waals surface area contributed by atoms with Crippen LogP contribution in [0.25, 0.3) is 0 Å². The minimum absolute atomic E-state index is 0.954. The van der Waals surface area contributed by atoms with Crippen LogP contribution in [-0.4, -0.2) is 14.1 Å². The van der Waals surface area contributed by atoms with Crippen molar-refractivity contribution in [2.75, 3.05) is 19.0 Å². The first kappa shape index (κ1) is 10.5. The topological polar surface area (TPSA) is 3.24 Å². The van der Waals surface area contributed by atoms with Crippen molar-refractivity contribution in [1.29, 1.82) is 0 Å². The van der Waals surface area contributed by atoms with Gasteiger partial charge in [-0.2, -0.15) is 0 Å². The Hall–Kier alpha value is -0.980. The first-order chi connectivity index (χ1) is 7.25. The van der Waals surface area contributed by atoms with Crippen molar-refractivity contribution in [3.8, 4) is 0 Å². The number of hydrogen-bond acceptors (Lipinski definition) is 1. The molecule has 1 nitrogen and oxygen atoms in total. The molecule has 2 rings (SSSR count). The van der Waals surface area contributed by atoms with Crippen molar-refractivity contribution in [3.05, 3.63) is 29.8 Å². The molecule has 0 saturated heterocycles. The molecule has 82 valence electrons. The molecule has 0 spiro atoms. The van der Waals surface area contributed by atoms with Crippen molar-refractivity contribution in [2.45, 2.75) is 32.1 Å². The van der Waals surface area contributed by atoms with Gasteiger partial charge in [-0.3, -0.25) is 0 Å². The molecule has 0 aliphatic heterocycles. The first-order valence-electron chi connectivity index (χ1n) is 6.02. The summed E-state index contributed by atoms with van der Waals surface area (Å²) in [5.74, 6) is 0.954.